The lowest BCUT2D eigenvalue weighted by Crippen LogP contribution is -2.46. The molecule has 0 fully saturated rings. The minimum Gasteiger partial charge on any atom is -0.361 e. The minimum atomic E-state index is -0.262. The first-order valence-electron chi connectivity index (χ1n) is 5.23. The van der Waals surface area contributed by atoms with Crippen molar-refractivity contribution in [1.29, 1.82) is 0 Å². The summed E-state index contributed by atoms with van der Waals surface area (Å²) in [5, 5.41) is 3.92. The van der Waals surface area contributed by atoms with Gasteiger partial charge >= 0.3 is 0 Å². The number of hydrogen-bond donors (Lipinski definition) is 3. The zero-order valence-corrected chi connectivity index (χ0v) is 11.0. The van der Waals surface area contributed by atoms with Gasteiger partial charge in [0.2, 0.25) is 0 Å². The third kappa shape index (κ3) is 5.01. The molecule has 0 bridgehead atoms. The summed E-state index contributed by atoms with van der Waals surface area (Å²) in [6, 6.07) is 6.60. The van der Waals surface area contributed by atoms with Crippen molar-refractivity contribution < 1.29 is 4.79 Å². The first-order chi connectivity index (χ1) is 8.13. The van der Waals surface area contributed by atoms with Crippen molar-refractivity contribution in [3.05, 3.63) is 34.9 Å². The summed E-state index contributed by atoms with van der Waals surface area (Å²) in [6.07, 6.45) is 0.965. The number of nitrogens with one attached hydrogen (secondary N) is 3. The Morgan fingerprint density at radius 2 is 1.94 bits per heavy atom. The van der Waals surface area contributed by atoms with Gasteiger partial charge in [0, 0.05) is 17.1 Å². The fourth-order valence-corrected chi connectivity index (χ4v) is 1.35. The van der Waals surface area contributed by atoms with Crippen molar-refractivity contribution in [1.82, 2.24) is 16.2 Å². The second kappa shape index (κ2) is 7.09. The van der Waals surface area contributed by atoms with Gasteiger partial charge in [-0.3, -0.25) is 15.6 Å². The third-order valence-corrected chi connectivity index (χ3v) is 2.43. The van der Waals surface area contributed by atoms with E-state index in [0.717, 1.165) is 13.0 Å². The van der Waals surface area contributed by atoms with Gasteiger partial charge in [-0.15, -0.1) is 0 Å². The molecule has 1 aromatic rings. The molecule has 4 nitrogen and oxygen atoms in total. The van der Waals surface area contributed by atoms with E-state index in [9.17, 15) is 4.79 Å². The Balaban J connectivity index is 2.39. The Hall–Kier alpha value is -1.33. The Morgan fingerprint density at radius 1 is 1.29 bits per heavy atom. The molecule has 0 saturated heterocycles. The Morgan fingerprint density at radius 3 is 2.53 bits per heavy atom. The minimum absolute atomic E-state index is 0.262. The number of carbonyl (C=O) groups is 1. The second-order valence-corrected chi connectivity index (χ2v) is 4.19. The van der Waals surface area contributed by atoms with Gasteiger partial charge in [0.05, 0.1) is 0 Å². The Labute approximate surface area is 111 Å². The van der Waals surface area contributed by atoms with Gasteiger partial charge in [-0.25, -0.2) is 0 Å². The summed E-state index contributed by atoms with van der Waals surface area (Å²) in [6.45, 7) is 2.80. The van der Waals surface area contributed by atoms with Crippen LogP contribution in [0.1, 0.15) is 23.7 Å². The van der Waals surface area contributed by atoms with Crippen LogP contribution in [-0.2, 0) is 0 Å². The summed E-state index contributed by atoms with van der Waals surface area (Å²) < 4.78 is 0. The molecule has 0 spiro atoms. The molecule has 0 aromatic heterocycles. The molecule has 0 atom stereocenters. The van der Waals surface area contributed by atoms with Crippen LogP contribution >= 0.6 is 23.8 Å². The van der Waals surface area contributed by atoms with Crippen LogP contribution in [-0.4, -0.2) is 17.6 Å². The number of amides is 1. The van der Waals surface area contributed by atoms with Gasteiger partial charge in [-0.2, -0.15) is 0 Å². The van der Waals surface area contributed by atoms with E-state index < -0.39 is 0 Å². The summed E-state index contributed by atoms with van der Waals surface area (Å²) in [5.41, 5.74) is 5.62. The Bertz CT molecular complexity index is 394. The molecule has 6 heteroatoms. The van der Waals surface area contributed by atoms with Gasteiger partial charge < -0.3 is 5.32 Å². The smallest absolute Gasteiger partial charge is 0.269 e. The summed E-state index contributed by atoms with van der Waals surface area (Å²) >= 11 is 10.7. The molecule has 0 unspecified atom stereocenters. The quantitative estimate of drug-likeness (QED) is 0.580. The normalized spacial score (nSPS) is 9.53. The van der Waals surface area contributed by atoms with Crippen LogP contribution in [0.5, 0.6) is 0 Å². The molecular formula is C11H14ClN3OS. The van der Waals surface area contributed by atoms with E-state index in [0.29, 0.717) is 15.7 Å². The van der Waals surface area contributed by atoms with Crippen molar-refractivity contribution in [3.63, 3.8) is 0 Å². The standard InChI is InChI=1S/C11H14ClN3OS/c1-2-7-13-11(17)15-14-10(16)8-3-5-9(12)6-4-8/h3-6H,2,7H2,1H3,(H,14,16)(H2,13,15,17). The van der Waals surface area contributed by atoms with Crippen molar-refractivity contribution in [2.45, 2.75) is 13.3 Å². The monoisotopic (exact) mass is 271 g/mol. The van der Waals surface area contributed by atoms with Gasteiger partial charge in [0.15, 0.2) is 5.11 Å². The molecule has 1 amide bonds. The van der Waals surface area contributed by atoms with Crippen LogP contribution in [0.15, 0.2) is 24.3 Å². The molecule has 1 rings (SSSR count). The zero-order chi connectivity index (χ0) is 12.7. The first kappa shape index (κ1) is 13.7. The van der Waals surface area contributed by atoms with E-state index in [2.05, 4.69) is 16.2 Å². The lowest BCUT2D eigenvalue weighted by atomic mass is 10.2. The first-order valence-corrected chi connectivity index (χ1v) is 6.02. The number of rotatable bonds is 3. The zero-order valence-electron chi connectivity index (χ0n) is 9.42. The topological polar surface area (TPSA) is 53.2 Å². The fraction of sp³-hybridized carbons (Fsp3) is 0.273. The van der Waals surface area contributed by atoms with Gasteiger partial charge in [0.25, 0.3) is 5.91 Å². The number of hydrazine groups is 1. The molecule has 17 heavy (non-hydrogen) atoms. The molecule has 0 saturated carbocycles. The highest BCUT2D eigenvalue weighted by molar-refractivity contribution is 7.80. The number of halogens is 1. The maximum absolute atomic E-state index is 11.6. The van der Waals surface area contributed by atoms with E-state index in [1.807, 2.05) is 6.92 Å². The summed E-state index contributed by atoms with van der Waals surface area (Å²) in [4.78, 5) is 11.6. The maximum atomic E-state index is 11.6. The number of carbonyl (C=O) groups excluding carboxylic acids is 1. The van der Waals surface area contributed by atoms with Crippen LogP contribution in [0, 0.1) is 0 Å². The van der Waals surface area contributed by atoms with E-state index in [1.54, 1.807) is 24.3 Å². The summed E-state index contributed by atoms with van der Waals surface area (Å²) in [5.74, 6) is -0.262. The lowest BCUT2D eigenvalue weighted by molar-refractivity contribution is 0.0943. The highest BCUT2D eigenvalue weighted by Gasteiger charge is 2.04. The Kier molecular flexibility index (Phi) is 5.72. The molecule has 92 valence electrons. The third-order valence-electron chi connectivity index (χ3n) is 1.93. The van der Waals surface area contributed by atoms with Gasteiger partial charge in [-0.05, 0) is 42.9 Å². The van der Waals surface area contributed by atoms with Gasteiger partial charge in [-0.1, -0.05) is 18.5 Å². The van der Waals surface area contributed by atoms with Crippen LogP contribution in [0.2, 0.25) is 5.02 Å². The molecular weight excluding hydrogens is 258 g/mol. The molecule has 0 aliphatic carbocycles. The molecule has 3 N–H and O–H groups in total. The van der Waals surface area contributed by atoms with Gasteiger partial charge in [0.1, 0.15) is 0 Å². The van der Waals surface area contributed by atoms with E-state index in [4.69, 9.17) is 23.8 Å². The maximum Gasteiger partial charge on any atom is 0.269 e. The predicted molar refractivity (Wildman–Crippen MR) is 72.9 cm³/mol. The largest absolute Gasteiger partial charge is 0.361 e. The van der Waals surface area contributed by atoms with E-state index >= 15 is 0 Å². The number of hydrogen-bond acceptors (Lipinski definition) is 2. The molecule has 0 aliphatic rings. The van der Waals surface area contributed by atoms with Crippen molar-refractivity contribution in [2.24, 2.45) is 0 Å². The number of benzene rings is 1. The van der Waals surface area contributed by atoms with Crippen LogP contribution in [0.25, 0.3) is 0 Å². The lowest BCUT2D eigenvalue weighted by Gasteiger charge is -2.10. The summed E-state index contributed by atoms with van der Waals surface area (Å²) in [7, 11) is 0. The fourth-order valence-electron chi connectivity index (χ4n) is 1.07. The van der Waals surface area contributed by atoms with E-state index in [-0.39, 0.29) is 5.91 Å². The molecule has 0 aliphatic heterocycles. The highest BCUT2D eigenvalue weighted by atomic mass is 35.5. The van der Waals surface area contributed by atoms with Crippen LogP contribution in [0.4, 0.5) is 0 Å². The molecule has 1 aromatic carbocycles. The number of thiocarbonyl (C=S) groups is 1. The average molecular weight is 272 g/mol. The van der Waals surface area contributed by atoms with Crippen molar-refractivity contribution in [2.75, 3.05) is 6.54 Å². The van der Waals surface area contributed by atoms with E-state index in [1.165, 1.54) is 0 Å². The molecule has 0 heterocycles. The average Bonchev–Trinajstić information content (AvgIpc) is 2.34. The molecule has 0 radical (unpaired) electrons. The van der Waals surface area contributed by atoms with Crippen molar-refractivity contribution in [3.8, 4) is 0 Å². The van der Waals surface area contributed by atoms with Crippen LogP contribution < -0.4 is 16.2 Å². The SMILES string of the molecule is CCCNC(=S)NNC(=O)c1ccc(Cl)cc1. The predicted octanol–water partition coefficient (Wildman–Crippen LogP) is 1.86. The highest BCUT2D eigenvalue weighted by Crippen LogP contribution is 2.08. The van der Waals surface area contributed by atoms with Crippen molar-refractivity contribution >= 4 is 34.8 Å². The second-order valence-electron chi connectivity index (χ2n) is 3.34. The van der Waals surface area contributed by atoms with Crippen LogP contribution in [0.3, 0.4) is 0 Å².